The van der Waals surface area contributed by atoms with Gasteiger partial charge in [0, 0.05) is 47.7 Å². The first-order valence-corrected chi connectivity index (χ1v) is 13.6. The fraction of sp³-hybridized carbons (Fsp3) is 0.233. The fourth-order valence-electron chi connectivity index (χ4n) is 5.53. The number of aromatic amines is 2. The van der Waals surface area contributed by atoms with E-state index in [4.69, 9.17) is 4.98 Å². The molecule has 0 unspecified atom stereocenters. The number of carbonyl (C=O) groups excluding carboxylic acids is 1. The van der Waals surface area contributed by atoms with Crippen molar-refractivity contribution in [3.8, 4) is 34.0 Å². The number of imidazole rings is 1. The first kappa shape index (κ1) is 24.1. The van der Waals surface area contributed by atoms with Gasteiger partial charge in [-0.05, 0) is 49.1 Å². The van der Waals surface area contributed by atoms with Crippen LogP contribution in [0.3, 0.4) is 0 Å². The number of H-pyrrole nitrogens is 2. The molecule has 1 amide bonds. The number of pyridine rings is 4. The van der Waals surface area contributed by atoms with Crippen molar-refractivity contribution in [2.45, 2.75) is 38.5 Å². The molecule has 0 bridgehead atoms. The lowest BCUT2D eigenvalue weighted by molar-refractivity contribution is -0.117. The summed E-state index contributed by atoms with van der Waals surface area (Å²) < 4.78 is 0. The van der Waals surface area contributed by atoms with Crippen molar-refractivity contribution in [1.82, 2.24) is 40.1 Å². The third kappa shape index (κ3) is 4.68. The number of fused-ring (bicyclic) bond motifs is 2. The molecule has 0 radical (unpaired) electrons. The van der Waals surface area contributed by atoms with Gasteiger partial charge in [0.25, 0.3) is 0 Å². The van der Waals surface area contributed by atoms with Crippen molar-refractivity contribution >= 4 is 33.5 Å². The van der Waals surface area contributed by atoms with Crippen LogP contribution in [0.15, 0.2) is 67.5 Å². The molecule has 10 heteroatoms. The summed E-state index contributed by atoms with van der Waals surface area (Å²) >= 11 is 0. The Labute approximate surface area is 229 Å². The smallest absolute Gasteiger partial charge is 0.224 e. The van der Waals surface area contributed by atoms with E-state index in [1.807, 2.05) is 30.3 Å². The van der Waals surface area contributed by atoms with Gasteiger partial charge in [0.1, 0.15) is 11.2 Å². The maximum atomic E-state index is 12.7. The van der Waals surface area contributed by atoms with Gasteiger partial charge in [-0.25, -0.2) is 4.98 Å². The second-order valence-corrected chi connectivity index (χ2v) is 10.3. The van der Waals surface area contributed by atoms with E-state index in [2.05, 4.69) is 40.4 Å². The minimum atomic E-state index is 0.0383. The predicted molar refractivity (Wildman–Crippen MR) is 153 cm³/mol. The molecule has 0 aromatic carbocycles. The number of hydrogen-bond donors (Lipinski definition) is 3. The minimum Gasteiger partial charge on any atom is -0.336 e. The molecule has 1 aliphatic rings. The second-order valence-electron chi connectivity index (χ2n) is 10.3. The van der Waals surface area contributed by atoms with Gasteiger partial charge in [-0.3, -0.25) is 29.8 Å². The van der Waals surface area contributed by atoms with Crippen LogP contribution >= 0.6 is 0 Å². The van der Waals surface area contributed by atoms with Crippen molar-refractivity contribution in [1.29, 1.82) is 0 Å². The molecule has 7 rings (SSSR count). The highest BCUT2D eigenvalue weighted by molar-refractivity contribution is 5.97. The number of rotatable bonds is 6. The normalized spacial score (nSPS) is 14.1. The largest absolute Gasteiger partial charge is 0.336 e. The summed E-state index contributed by atoms with van der Waals surface area (Å²) in [6.07, 6.45) is 17.0. The van der Waals surface area contributed by atoms with E-state index >= 15 is 0 Å². The standard InChI is InChI=1S/C30H27N9O/c40-26(11-18-5-2-1-3-6-18)35-21-12-20(15-32-16-21)24-13-22-25(17-34-24)38-39-28(22)30-36-23-8-10-33-27(29(23)37-30)19-7-4-9-31-14-19/h4,7-10,12-18H,1-3,5-6,11H2,(H,35,40)(H,36,37)(H,38,39). The van der Waals surface area contributed by atoms with Crippen LogP contribution in [0.4, 0.5) is 5.69 Å². The Balaban J connectivity index is 1.19. The summed E-state index contributed by atoms with van der Waals surface area (Å²) in [7, 11) is 0. The molecule has 1 fully saturated rings. The summed E-state index contributed by atoms with van der Waals surface area (Å²) in [5.74, 6) is 1.14. The Morgan fingerprint density at radius 1 is 0.900 bits per heavy atom. The number of nitrogens with one attached hydrogen (secondary N) is 3. The maximum absolute atomic E-state index is 12.7. The molecule has 0 saturated heterocycles. The number of hydrogen-bond acceptors (Lipinski definition) is 7. The number of aromatic nitrogens is 8. The van der Waals surface area contributed by atoms with Crippen LogP contribution in [-0.2, 0) is 4.79 Å². The molecule has 3 N–H and O–H groups in total. The lowest BCUT2D eigenvalue weighted by Gasteiger charge is -2.20. The summed E-state index contributed by atoms with van der Waals surface area (Å²) in [6, 6.07) is 9.61. The zero-order valence-corrected chi connectivity index (χ0v) is 21.8. The number of nitrogens with zero attached hydrogens (tertiary/aromatic N) is 6. The van der Waals surface area contributed by atoms with Crippen LogP contribution < -0.4 is 5.32 Å². The van der Waals surface area contributed by atoms with Gasteiger partial charge in [0.15, 0.2) is 5.82 Å². The van der Waals surface area contributed by atoms with E-state index in [9.17, 15) is 4.79 Å². The van der Waals surface area contributed by atoms with Gasteiger partial charge in [-0.1, -0.05) is 19.3 Å². The molecule has 6 heterocycles. The molecule has 10 nitrogen and oxygen atoms in total. The topological polar surface area (TPSA) is 138 Å². The number of amides is 1. The Bertz CT molecular complexity index is 1820. The highest BCUT2D eigenvalue weighted by Crippen LogP contribution is 2.32. The molecule has 6 aromatic heterocycles. The fourth-order valence-corrected chi connectivity index (χ4v) is 5.53. The molecular formula is C30H27N9O. The molecule has 6 aromatic rings. The van der Waals surface area contributed by atoms with E-state index in [0.717, 1.165) is 57.3 Å². The Morgan fingerprint density at radius 3 is 2.67 bits per heavy atom. The minimum absolute atomic E-state index is 0.0383. The molecule has 0 aliphatic heterocycles. The van der Waals surface area contributed by atoms with Gasteiger partial charge in [0.2, 0.25) is 5.91 Å². The molecular weight excluding hydrogens is 502 g/mol. The number of anilines is 1. The van der Waals surface area contributed by atoms with E-state index in [0.29, 0.717) is 29.5 Å². The summed E-state index contributed by atoms with van der Waals surface area (Å²) in [5.41, 5.74) is 6.90. The first-order chi connectivity index (χ1) is 19.7. The zero-order chi connectivity index (χ0) is 26.9. The molecule has 0 atom stereocenters. The third-order valence-electron chi connectivity index (χ3n) is 7.52. The lowest BCUT2D eigenvalue weighted by atomic mass is 9.87. The van der Waals surface area contributed by atoms with Crippen LogP contribution in [-0.4, -0.2) is 46.0 Å². The zero-order valence-electron chi connectivity index (χ0n) is 21.8. The van der Waals surface area contributed by atoms with E-state index < -0.39 is 0 Å². The lowest BCUT2D eigenvalue weighted by Crippen LogP contribution is -2.18. The molecule has 0 spiro atoms. The molecule has 1 aliphatic carbocycles. The van der Waals surface area contributed by atoms with Crippen molar-refractivity contribution in [3.63, 3.8) is 0 Å². The van der Waals surface area contributed by atoms with Crippen LogP contribution in [0.25, 0.3) is 56.0 Å². The van der Waals surface area contributed by atoms with Crippen molar-refractivity contribution in [3.05, 3.63) is 67.5 Å². The average Bonchev–Trinajstić information content (AvgIpc) is 3.62. The monoisotopic (exact) mass is 529 g/mol. The average molecular weight is 530 g/mol. The van der Waals surface area contributed by atoms with E-state index in [1.165, 1.54) is 19.3 Å². The van der Waals surface area contributed by atoms with Crippen molar-refractivity contribution in [2.24, 2.45) is 5.92 Å². The first-order valence-electron chi connectivity index (χ1n) is 13.6. The summed E-state index contributed by atoms with van der Waals surface area (Å²) in [4.78, 5) is 38.7. The molecule has 198 valence electrons. The highest BCUT2D eigenvalue weighted by atomic mass is 16.1. The second kappa shape index (κ2) is 10.3. The van der Waals surface area contributed by atoms with Crippen LogP contribution in [0.1, 0.15) is 38.5 Å². The number of carbonyl (C=O) groups is 1. The van der Waals surface area contributed by atoms with Gasteiger partial charge in [-0.2, -0.15) is 5.10 Å². The quantitative estimate of drug-likeness (QED) is 0.243. The Morgan fingerprint density at radius 2 is 1.80 bits per heavy atom. The van der Waals surface area contributed by atoms with Gasteiger partial charge in [0.05, 0.1) is 40.5 Å². The maximum Gasteiger partial charge on any atom is 0.224 e. The summed E-state index contributed by atoms with van der Waals surface area (Å²) in [6.45, 7) is 0. The predicted octanol–water partition coefficient (Wildman–Crippen LogP) is 5.93. The SMILES string of the molecule is O=C(CC1CCCCC1)Nc1cncc(-c2cc3c(-c4nc5c(-c6cccnc6)nccc5[nH]4)n[nH]c3cn2)c1. The van der Waals surface area contributed by atoms with E-state index in [-0.39, 0.29) is 5.91 Å². The third-order valence-corrected chi connectivity index (χ3v) is 7.52. The van der Waals surface area contributed by atoms with Gasteiger partial charge >= 0.3 is 0 Å². The van der Waals surface area contributed by atoms with Gasteiger partial charge in [-0.15, -0.1) is 0 Å². The van der Waals surface area contributed by atoms with Crippen LogP contribution in [0.5, 0.6) is 0 Å². The van der Waals surface area contributed by atoms with Gasteiger partial charge < -0.3 is 10.3 Å². The van der Waals surface area contributed by atoms with E-state index in [1.54, 1.807) is 37.2 Å². The Hall–Kier alpha value is -4.99. The van der Waals surface area contributed by atoms with Crippen LogP contribution in [0, 0.1) is 5.92 Å². The summed E-state index contributed by atoms with van der Waals surface area (Å²) in [5, 5.41) is 11.5. The Kier molecular flexibility index (Phi) is 6.19. The molecule has 1 saturated carbocycles. The molecule has 40 heavy (non-hydrogen) atoms. The van der Waals surface area contributed by atoms with Crippen molar-refractivity contribution < 1.29 is 4.79 Å². The van der Waals surface area contributed by atoms with Crippen molar-refractivity contribution in [2.75, 3.05) is 5.32 Å². The highest BCUT2D eigenvalue weighted by Gasteiger charge is 2.19. The van der Waals surface area contributed by atoms with Crippen LogP contribution in [0.2, 0.25) is 0 Å².